The standard InChI is InChI=1S/C14H28N4O3S/c1-16(2)8-7-14(19)17-9-11-18(12-10-17)22(20,21)15-13-5-3-4-6-13/h13,15H,3-12H2,1-2H3. The molecule has 2 fully saturated rings. The average Bonchev–Trinajstić information content (AvgIpc) is 2.97. The molecule has 0 aromatic rings. The molecule has 1 saturated heterocycles. The zero-order valence-electron chi connectivity index (χ0n) is 13.6. The van der Waals surface area contributed by atoms with Gasteiger partial charge in [0.1, 0.15) is 0 Å². The van der Waals surface area contributed by atoms with Gasteiger partial charge in [-0.25, -0.2) is 0 Å². The maximum atomic E-state index is 12.3. The first-order valence-electron chi connectivity index (χ1n) is 8.08. The Balaban J connectivity index is 1.79. The number of nitrogens with zero attached hydrogens (tertiary/aromatic N) is 3. The number of amides is 1. The molecule has 1 aliphatic heterocycles. The first kappa shape index (κ1) is 17.7. The summed E-state index contributed by atoms with van der Waals surface area (Å²) in [4.78, 5) is 15.8. The maximum absolute atomic E-state index is 12.3. The van der Waals surface area contributed by atoms with Crippen LogP contribution in [-0.4, -0.2) is 81.3 Å². The van der Waals surface area contributed by atoms with Crippen LogP contribution in [0.1, 0.15) is 32.1 Å². The van der Waals surface area contributed by atoms with E-state index in [0.717, 1.165) is 32.2 Å². The van der Waals surface area contributed by atoms with E-state index in [0.29, 0.717) is 32.6 Å². The number of nitrogens with one attached hydrogen (secondary N) is 1. The van der Waals surface area contributed by atoms with Crippen molar-refractivity contribution in [1.29, 1.82) is 0 Å². The van der Waals surface area contributed by atoms with Gasteiger partial charge in [0.25, 0.3) is 10.2 Å². The van der Waals surface area contributed by atoms with Crippen molar-refractivity contribution in [3.8, 4) is 0 Å². The van der Waals surface area contributed by atoms with Crippen molar-refractivity contribution in [2.45, 2.75) is 38.1 Å². The van der Waals surface area contributed by atoms with Crippen LogP contribution in [0.5, 0.6) is 0 Å². The second kappa shape index (κ2) is 7.72. The molecule has 2 aliphatic rings. The quantitative estimate of drug-likeness (QED) is 0.735. The number of carbonyl (C=O) groups excluding carboxylic acids is 1. The SMILES string of the molecule is CN(C)CCC(=O)N1CCN(S(=O)(=O)NC2CCCC2)CC1. The summed E-state index contributed by atoms with van der Waals surface area (Å²) >= 11 is 0. The summed E-state index contributed by atoms with van der Waals surface area (Å²) < 4.78 is 28.9. The molecule has 7 nitrogen and oxygen atoms in total. The molecule has 0 unspecified atom stereocenters. The van der Waals surface area contributed by atoms with Crippen molar-refractivity contribution < 1.29 is 13.2 Å². The highest BCUT2D eigenvalue weighted by atomic mass is 32.2. The zero-order chi connectivity index (χ0) is 16.2. The zero-order valence-corrected chi connectivity index (χ0v) is 14.4. The van der Waals surface area contributed by atoms with Crippen molar-refractivity contribution >= 4 is 16.1 Å². The van der Waals surface area contributed by atoms with Crippen molar-refractivity contribution in [2.24, 2.45) is 0 Å². The van der Waals surface area contributed by atoms with Gasteiger partial charge in [0.15, 0.2) is 0 Å². The normalized spacial score (nSPS) is 21.7. The molecule has 1 N–H and O–H groups in total. The fourth-order valence-electron chi connectivity index (χ4n) is 2.98. The van der Waals surface area contributed by atoms with E-state index in [2.05, 4.69) is 4.72 Å². The van der Waals surface area contributed by atoms with E-state index >= 15 is 0 Å². The van der Waals surface area contributed by atoms with Crippen molar-refractivity contribution in [3.05, 3.63) is 0 Å². The van der Waals surface area contributed by atoms with E-state index in [9.17, 15) is 13.2 Å². The summed E-state index contributed by atoms with van der Waals surface area (Å²) in [6.07, 6.45) is 4.55. The summed E-state index contributed by atoms with van der Waals surface area (Å²) in [6.45, 7) is 2.46. The second-order valence-corrected chi connectivity index (χ2v) is 8.14. The van der Waals surface area contributed by atoms with E-state index in [4.69, 9.17) is 0 Å². The van der Waals surface area contributed by atoms with Gasteiger partial charge in [0, 0.05) is 45.2 Å². The molecule has 0 aromatic carbocycles. The third kappa shape index (κ3) is 4.91. The molecule has 1 amide bonds. The number of piperazine rings is 1. The van der Waals surface area contributed by atoms with Crippen LogP contribution in [-0.2, 0) is 15.0 Å². The monoisotopic (exact) mass is 332 g/mol. The van der Waals surface area contributed by atoms with E-state index in [1.807, 2.05) is 19.0 Å². The van der Waals surface area contributed by atoms with Crippen molar-refractivity contribution in [1.82, 2.24) is 18.8 Å². The molecule has 0 aromatic heterocycles. The van der Waals surface area contributed by atoms with Crippen LogP contribution in [0.4, 0.5) is 0 Å². The number of hydrogen-bond donors (Lipinski definition) is 1. The molecule has 1 heterocycles. The molecule has 0 atom stereocenters. The average molecular weight is 332 g/mol. The van der Waals surface area contributed by atoms with Crippen molar-refractivity contribution in [2.75, 3.05) is 46.8 Å². The Labute approximate surface area is 133 Å². The highest BCUT2D eigenvalue weighted by molar-refractivity contribution is 7.87. The Morgan fingerprint density at radius 2 is 1.73 bits per heavy atom. The minimum absolute atomic E-state index is 0.0877. The fourth-order valence-corrected chi connectivity index (χ4v) is 4.43. The van der Waals surface area contributed by atoms with Gasteiger partial charge >= 0.3 is 0 Å². The van der Waals surface area contributed by atoms with Gasteiger partial charge in [-0.1, -0.05) is 12.8 Å². The number of hydrogen-bond acceptors (Lipinski definition) is 4. The molecule has 128 valence electrons. The Kier molecular flexibility index (Phi) is 6.19. The fraction of sp³-hybridized carbons (Fsp3) is 0.929. The lowest BCUT2D eigenvalue weighted by molar-refractivity contribution is -0.132. The predicted molar refractivity (Wildman–Crippen MR) is 85.6 cm³/mol. The third-order valence-corrected chi connectivity index (χ3v) is 6.05. The summed E-state index contributed by atoms with van der Waals surface area (Å²) in [7, 11) is 0.470. The molecule has 0 spiro atoms. The van der Waals surface area contributed by atoms with Gasteiger partial charge in [-0.15, -0.1) is 0 Å². The molecular weight excluding hydrogens is 304 g/mol. The Morgan fingerprint density at radius 1 is 1.14 bits per heavy atom. The highest BCUT2D eigenvalue weighted by Gasteiger charge is 2.31. The number of carbonyl (C=O) groups is 1. The third-order valence-electron chi connectivity index (χ3n) is 4.37. The Hall–Kier alpha value is -0.700. The molecule has 0 bridgehead atoms. The van der Waals surface area contributed by atoms with Gasteiger partial charge in [-0.3, -0.25) is 4.79 Å². The van der Waals surface area contributed by atoms with Crippen molar-refractivity contribution in [3.63, 3.8) is 0 Å². The van der Waals surface area contributed by atoms with Gasteiger partial charge in [0.2, 0.25) is 5.91 Å². The van der Waals surface area contributed by atoms with E-state index in [1.165, 1.54) is 4.31 Å². The molecule has 8 heteroatoms. The molecule has 0 radical (unpaired) electrons. The Bertz CT molecular complexity index is 466. The van der Waals surface area contributed by atoms with E-state index < -0.39 is 10.2 Å². The maximum Gasteiger partial charge on any atom is 0.279 e. The molecule has 1 saturated carbocycles. The second-order valence-electron chi connectivity index (χ2n) is 6.44. The van der Waals surface area contributed by atoms with Crippen LogP contribution in [0.15, 0.2) is 0 Å². The molecule has 2 rings (SSSR count). The van der Waals surface area contributed by atoms with Gasteiger partial charge in [-0.05, 0) is 26.9 Å². The van der Waals surface area contributed by atoms with Crippen LogP contribution in [0.25, 0.3) is 0 Å². The first-order chi connectivity index (χ1) is 10.4. The Morgan fingerprint density at radius 3 is 2.27 bits per heavy atom. The van der Waals surface area contributed by atoms with Gasteiger partial charge in [0.05, 0.1) is 0 Å². The van der Waals surface area contributed by atoms with Gasteiger partial charge in [-0.2, -0.15) is 17.4 Å². The van der Waals surface area contributed by atoms with Crippen LogP contribution < -0.4 is 4.72 Å². The largest absolute Gasteiger partial charge is 0.340 e. The molecular formula is C14H28N4O3S. The highest BCUT2D eigenvalue weighted by Crippen LogP contribution is 2.19. The molecule has 1 aliphatic carbocycles. The number of rotatable bonds is 6. The first-order valence-corrected chi connectivity index (χ1v) is 9.52. The molecule has 22 heavy (non-hydrogen) atoms. The summed E-state index contributed by atoms with van der Waals surface area (Å²) in [5.74, 6) is 0.106. The lowest BCUT2D eigenvalue weighted by Crippen LogP contribution is -2.54. The summed E-state index contributed by atoms with van der Waals surface area (Å²) in [6, 6.07) is 0.0877. The van der Waals surface area contributed by atoms with Crippen LogP contribution in [0.3, 0.4) is 0 Å². The van der Waals surface area contributed by atoms with E-state index in [1.54, 1.807) is 4.90 Å². The smallest absolute Gasteiger partial charge is 0.279 e. The van der Waals surface area contributed by atoms with Crippen LogP contribution in [0, 0.1) is 0 Å². The summed E-state index contributed by atoms with van der Waals surface area (Å²) in [5.41, 5.74) is 0. The topological polar surface area (TPSA) is 73.0 Å². The van der Waals surface area contributed by atoms with Gasteiger partial charge < -0.3 is 9.80 Å². The minimum Gasteiger partial charge on any atom is -0.340 e. The summed E-state index contributed by atoms with van der Waals surface area (Å²) in [5, 5.41) is 0. The lowest BCUT2D eigenvalue weighted by atomic mass is 10.3. The lowest BCUT2D eigenvalue weighted by Gasteiger charge is -2.34. The minimum atomic E-state index is -3.40. The van der Waals surface area contributed by atoms with Crippen LogP contribution >= 0.6 is 0 Å². The van der Waals surface area contributed by atoms with E-state index in [-0.39, 0.29) is 11.9 Å². The van der Waals surface area contributed by atoms with Crippen LogP contribution in [0.2, 0.25) is 0 Å². The predicted octanol–water partition coefficient (Wildman–Crippen LogP) is -0.141.